The van der Waals surface area contributed by atoms with Gasteiger partial charge in [0.2, 0.25) is 0 Å². The molecular formula is C13H26N2. The first kappa shape index (κ1) is 11.4. The fraction of sp³-hybridized carbons (Fsp3) is 1.00. The Morgan fingerprint density at radius 2 is 1.40 bits per heavy atom. The quantitative estimate of drug-likeness (QED) is 0.645. The van der Waals surface area contributed by atoms with E-state index in [1.54, 1.807) is 0 Å². The average Bonchev–Trinajstić information content (AvgIpc) is 1.98. The molecule has 0 aromatic rings. The predicted octanol–water partition coefficient (Wildman–Crippen LogP) is 3.10. The molecule has 0 aromatic heterocycles. The molecule has 15 heavy (non-hydrogen) atoms. The lowest BCUT2D eigenvalue weighted by Gasteiger charge is -2.69. The maximum Gasteiger partial charge on any atom is 0.0216 e. The summed E-state index contributed by atoms with van der Waals surface area (Å²) in [5.74, 6) is 1.90. The van der Waals surface area contributed by atoms with Gasteiger partial charge in [-0.1, -0.05) is 20.8 Å². The molecule has 88 valence electrons. The van der Waals surface area contributed by atoms with Gasteiger partial charge in [-0.15, -0.1) is 0 Å². The van der Waals surface area contributed by atoms with Gasteiger partial charge in [0.1, 0.15) is 0 Å². The first-order valence-corrected chi connectivity index (χ1v) is 6.15. The van der Waals surface area contributed by atoms with E-state index in [9.17, 15) is 0 Å². The average molecular weight is 210 g/mol. The lowest BCUT2D eigenvalue weighted by Crippen LogP contribution is -2.70. The van der Waals surface area contributed by atoms with Crippen LogP contribution in [0.2, 0.25) is 0 Å². The van der Waals surface area contributed by atoms with Crippen LogP contribution in [0.15, 0.2) is 0 Å². The predicted molar refractivity (Wildman–Crippen MR) is 63.9 cm³/mol. The van der Waals surface area contributed by atoms with E-state index in [0.29, 0.717) is 10.8 Å². The molecule has 0 aliphatic heterocycles. The molecule has 0 amide bonds. The van der Waals surface area contributed by atoms with Crippen LogP contribution in [0.1, 0.15) is 52.9 Å². The first-order valence-electron chi connectivity index (χ1n) is 6.15. The molecule has 2 nitrogen and oxygen atoms in total. The van der Waals surface area contributed by atoms with Crippen LogP contribution in [0.3, 0.4) is 0 Å². The molecule has 0 aromatic carbocycles. The van der Waals surface area contributed by atoms with Crippen molar-refractivity contribution in [2.24, 2.45) is 28.4 Å². The van der Waals surface area contributed by atoms with Crippen molar-refractivity contribution in [3.8, 4) is 0 Å². The first-order chi connectivity index (χ1) is 6.36. The van der Waals surface area contributed by atoms with Gasteiger partial charge < -0.3 is 11.9 Å². The monoisotopic (exact) mass is 210 g/mol. The highest BCUT2D eigenvalue weighted by atomic mass is 14.9. The zero-order chi connectivity index (χ0) is 10.2. The van der Waals surface area contributed by atoms with Gasteiger partial charge in [-0.3, -0.25) is 0 Å². The smallest absolute Gasteiger partial charge is 0.0216 e. The Balaban J connectivity index is 0.000000853. The lowest BCUT2D eigenvalue weighted by molar-refractivity contribution is -0.163. The lowest BCUT2D eigenvalue weighted by atomic mass is 9.38. The van der Waals surface area contributed by atoms with Crippen molar-refractivity contribution in [3.63, 3.8) is 0 Å². The summed E-state index contributed by atoms with van der Waals surface area (Å²) in [4.78, 5) is 0. The van der Waals surface area contributed by atoms with Crippen molar-refractivity contribution in [1.29, 1.82) is 0 Å². The standard InChI is InChI=1S/C13H23N.H3N/c1-11(2)12(3)5-9-4-10(6-12)8-13(11,14)7-9;/h9-10H,4-8,14H2,1-3H3;1H3. The Morgan fingerprint density at radius 1 is 0.933 bits per heavy atom. The highest BCUT2D eigenvalue weighted by Crippen LogP contribution is 2.68. The minimum absolute atomic E-state index is 0. The number of hydrogen-bond acceptors (Lipinski definition) is 2. The van der Waals surface area contributed by atoms with Crippen molar-refractivity contribution < 1.29 is 0 Å². The van der Waals surface area contributed by atoms with E-state index in [-0.39, 0.29) is 11.7 Å². The van der Waals surface area contributed by atoms with Crippen LogP contribution in [0.25, 0.3) is 0 Å². The van der Waals surface area contributed by atoms with Gasteiger partial charge in [-0.05, 0) is 54.8 Å². The van der Waals surface area contributed by atoms with Crippen LogP contribution in [-0.4, -0.2) is 5.54 Å². The van der Waals surface area contributed by atoms with E-state index in [4.69, 9.17) is 5.73 Å². The van der Waals surface area contributed by atoms with Gasteiger partial charge in [0.25, 0.3) is 0 Å². The van der Waals surface area contributed by atoms with E-state index in [1.807, 2.05) is 0 Å². The van der Waals surface area contributed by atoms with E-state index >= 15 is 0 Å². The molecule has 2 unspecified atom stereocenters. The van der Waals surface area contributed by atoms with E-state index < -0.39 is 0 Å². The molecular weight excluding hydrogens is 184 g/mol. The highest BCUT2D eigenvalue weighted by molar-refractivity contribution is 5.18. The second kappa shape index (κ2) is 2.78. The van der Waals surface area contributed by atoms with Crippen molar-refractivity contribution >= 4 is 0 Å². The molecule has 2 heteroatoms. The summed E-state index contributed by atoms with van der Waals surface area (Å²) in [6.45, 7) is 7.33. The van der Waals surface area contributed by atoms with Crippen molar-refractivity contribution in [1.82, 2.24) is 6.15 Å². The fourth-order valence-corrected chi connectivity index (χ4v) is 5.04. The summed E-state index contributed by atoms with van der Waals surface area (Å²) in [5, 5.41) is 0. The third-order valence-electron chi connectivity index (χ3n) is 6.20. The number of nitrogens with two attached hydrogens (primary N) is 1. The third kappa shape index (κ3) is 1.13. The van der Waals surface area contributed by atoms with Crippen molar-refractivity contribution in [3.05, 3.63) is 0 Å². The summed E-state index contributed by atoms with van der Waals surface area (Å²) in [6, 6.07) is 0. The molecule has 2 atom stereocenters. The topological polar surface area (TPSA) is 61.0 Å². The second-order valence-electron chi connectivity index (χ2n) is 7.13. The largest absolute Gasteiger partial charge is 0.344 e. The normalized spacial score (nSPS) is 55.2. The molecule has 0 radical (unpaired) electrons. The maximum atomic E-state index is 6.68. The summed E-state index contributed by atoms with van der Waals surface area (Å²) < 4.78 is 0. The van der Waals surface area contributed by atoms with Crippen LogP contribution in [-0.2, 0) is 0 Å². The van der Waals surface area contributed by atoms with Crippen LogP contribution in [0.5, 0.6) is 0 Å². The number of rotatable bonds is 0. The SMILES string of the molecule is CC12CC3CC(C1)CC(N)(C3)C2(C)C.N. The van der Waals surface area contributed by atoms with Gasteiger partial charge in [-0.2, -0.15) is 0 Å². The number of hydrogen-bond donors (Lipinski definition) is 2. The van der Waals surface area contributed by atoms with Crippen LogP contribution in [0.4, 0.5) is 0 Å². The zero-order valence-corrected chi connectivity index (χ0v) is 10.5. The molecule has 4 aliphatic carbocycles. The van der Waals surface area contributed by atoms with E-state index in [0.717, 1.165) is 11.8 Å². The van der Waals surface area contributed by atoms with Crippen molar-refractivity contribution in [2.75, 3.05) is 0 Å². The minimum atomic E-state index is 0. The Hall–Kier alpha value is -0.0800. The minimum Gasteiger partial charge on any atom is -0.344 e. The highest BCUT2D eigenvalue weighted by Gasteiger charge is 2.64. The summed E-state index contributed by atoms with van der Waals surface area (Å²) >= 11 is 0. The van der Waals surface area contributed by atoms with Crippen LogP contribution in [0, 0.1) is 22.7 Å². The van der Waals surface area contributed by atoms with Gasteiger partial charge in [0.15, 0.2) is 0 Å². The van der Waals surface area contributed by atoms with Crippen LogP contribution >= 0.6 is 0 Å². The molecule has 4 aliphatic rings. The molecule has 4 saturated carbocycles. The molecule has 4 rings (SSSR count). The van der Waals surface area contributed by atoms with E-state index in [2.05, 4.69) is 20.8 Å². The van der Waals surface area contributed by atoms with Gasteiger partial charge in [0.05, 0.1) is 0 Å². The van der Waals surface area contributed by atoms with Gasteiger partial charge in [0, 0.05) is 5.54 Å². The Labute approximate surface area is 93.6 Å². The van der Waals surface area contributed by atoms with Crippen molar-refractivity contribution in [2.45, 2.75) is 58.4 Å². The molecule has 0 saturated heterocycles. The molecule has 0 heterocycles. The zero-order valence-electron chi connectivity index (χ0n) is 10.5. The Morgan fingerprint density at radius 3 is 1.80 bits per heavy atom. The molecule has 0 spiro atoms. The van der Waals surface area contributed by atoms with E-state index in [1.165, 1.54) is 32.1 Å². The maximum absolute atomic E-state index is 6.68. The summed E-state index contributed by atoms with van der Waals surface area (Å²) in [5.41, 5.74) is 7.73. The summed E-state index contributed by atoms with van der Waals surface area (Å²) in [6.07, 6.45) is 6.95. The third-order valence-corrected chi connectivity index (χ3v) is 6.20. The van der Waals surface area contributed by atoms with Crippen LogP contribution < -0.4 is 11.9 Å². The molecule has 4 fully saturated rings. The van der Waals surface area contributed by atoms with Gasteiger partial charge >= 0.3 is 0 Å². The second-order valence-corrected chi connectivity index (χ2v) is 7.13. The van der Waals surface area contributed by atoms with Gasteiger partial charge in [-0.25, -0.2) is 0 Å². The summed E-state index contributed by atoms with van der Waals surface area (Å²) in [7, 11) is 0. The molecule has 5 N–H and O–H groups in total. The Bertz CT molecular complexity index is 244. The fourth-order valence-electron chi connectivity index (χ4n) is 5.04. The Kier molecular flexibility index (Phi) is 2.11. The molecule has 4 bridgehead atoms.